The van der Waals surface area contributed by atoms with Crippen LogP contribution in [0.5, 0.6) is 0 Å². The molecule has 0 unspecified atom stereocenters. The first-order valence-corrected chi connectivity index (χ1v) is 7.25. The number of hydrogen-bond donors (Lipinski definition) is 0. The van der Waals surface area contributed by atoms with Gasteiger partial charge < -0.3 is 0 Å². The number of Topliss-reactive ketones (excluding diaryl/α,β-unsaturated/α-hetero) is 1. The Kier molecular flexibility index (Phi) is 4.67. The summed E-state index contributed by atoms with van der Waals surface area (Å²) in [5.74, 6) is 0.0168. The van der Waals surface area contributed by atoms with Crippen molar-refractivity contribution in [2.24, 2.45) is 0 Å². The summed E-state index contributed by atoms with van der Waals surface area (Å²) >= 11 is 15.4. The number of aryl methyl sites for hydroxylation is 1. The number of hydrogen-bond acceptors (Lipinski definition) is 1. The molecular weight excluding hydrogens is 347 g/mol. The highest BCUT2D eigenvalue weighted by Crippen LogP contribution is 2.25. The van der Waals surface area contributed by atoms with Gasteiger partial charge in [-0.1, -0.05) is 35.3 Å². The zero-order chi connectivity index (χ0) is 14.0. The van der Waals surface area contributed by atoms with Gasteiger partial charge in [-0.25, -0.2) is 0 Å². The summed E-state index contributed by atoms with van der Waals surface area (Å²) in [6.07, 6.45) is 0.285. The molecule has 0 atom stereocenters. The second-order valence-corrected chi connectivity index (χ2v) is 5.99. The van der Waals surface area contributed by atoms with E-state index in [2.05, 4.69) is 15.9 Å². The Bertz CT molecular complexity index is 638. The van der Waals surface area contributed by atoms with Gasteiger partial charge in [-0.15, -0.1) is 0 Å². The number of halogens is 3. The molecule has 98 valence electrons. The third kappa shape index (κ3) is 3.59. The Morgan fingerprint density at radius 1 is 1.11 bits per heavy atom. The summed E-state index contributed by atoms with van der Waals surface area (Å²) in [5, 5.41) is 1.21. The highest BCUT2D eigenvalue weighted by molar-refractivity contribution is 9.10. The fourth-order valence-electron chi connectivity index (χ4n) is 1.74. The van der Waals surface area contributed by atoms with Gasteiger partial charge >= 0.3 is 0 Å². The van der Waals surface area contributed by atoms with Crippen molar-refractivity contribution in [1.29, 1.82) is 0 Å². The molecule has 0 saturated carbocycles. The molecule has 2 aromatic rings. The Morgan fingerprint density at radius 3 is 2.47 bits per heavy atom. The molecule has 0 aromatic heterocycles. The molecule has 2 rings (SSSR count). The third-order valence-corrected chi connectivity index (χ3v) is 4.37. The quantitative estimate of drug-likeness (QED) is 0.664. The molecule has 0 aliphatic rings. The molecule has 19 heavy (non-hydrogen) atoms. The summed E-state index contributed by atoms with van der Waals surface area (Å²) in [7, 11) is 0. The van der Waals surface area contributed by atoms with Crippen molar-refractivity contribution in [1.82, 2.24) is 0 Å². The van der Waals surface area contributed by atoms with Crippen LogP contribution in [0.1, 0.15) is 21.5 Å². The molecule has 0 heterocycles. The summed E-state index contributed by atoms with van der Waals surface area (Å²) in [5.41, 5.74) is 2.53. The van der Waals surface area contributed by atoms with Gasteiger partial charge in [0.25, 0.3) is 0 Å². The Balaban J connectivity index is 2.23. The molecule has 0 spiro atoms. The fourth-order valence-corrected chi connectivity index (χ4v) is 2.54. The first kappa shape index (κ1) is 14.6. The minimum absolute atomic E-state index is 0.0168. The monoisotopic (exact) mass is 356 g/mol. The summed E-state index contributed by atoms with van der Waals surface area (Å²) in [6, 6.07) is 10.9. The lowest BCUT2D eigenvalue weighted by Gasteiger charge is -2.06. The average molecular weight is 358 g/mol. The second kappa shape index (κ2) is 6.08. The molecule has 0 fully saturated rings. The summed E-state index contributed by atoms with van der Waals surface area (Å²) < 4.78 is 0.718. The van der Waals surface area contributed by atoms with E-state index in [-0.39, 0.29) is 12.2 Å². The minimum Gasteiger partial charge on any atom is -0.294 e. The minimum atomic E-state index is 0.0168. The van der Waals surface area contributed by atoms with E-state index in [9.17, 15) is 4.79 Å². The molecule has 2 aromatic carbocycles. The van der Waals surface area contributed by atoms with Crippen LogP contribution >= 0.6 is 39.1 Å². The number of benzene rings is 2. The molecule has 0 aliphatic carbocycles. The van der Waals surface area contributed by atoms with Crippen LogP contribution in [0.15, 0.2) is 40.9 Å². The first-order valence-electron chi connectivity index (χ1n) is 5.70. The zero-order valence-electron chi connectivity index (χ0n) is 10.2. The third-order valence-electron chi connectivity index (χ3n) is 2.80. The van der Waals surface area contributed by atoms with Crippen molar-refractivity contribution in [3.8, 4) is 0 Å². The summed E-state index contributed by atoms with van der Waals surface area (Å²) in [6.45, 7) is 1.97. The number of carbonyl (C=O) groups excluding carboxylic acids is 1. The van der Waals surface area contributed by atoms with Crippen LogP contribution in [0.2, 0.25) is 10.0 Å². The van der Waals surface area contributed by atoms with Crippen LogP contribution in [0.4, 0.5) is 0 Å². The van der Waals surface area contributed by atoms with E-state index in [1.807, 2.05) is 25.1 Å². The largest absolute Gasteiger partial charge is 0.294 e. The van der Waals surface area contributed by atoms with E-state index in [1.165, 1.54) is 0 Å². The lowest BCUT2D eigenvalue weighted by Crippen LogP contribution is -2.04. The predicted molar refractivity (Wildman–Crippen MR) is 83.4 cm³/mol. The molecule has 0 aliphatic heterocycles. The Morgan fingerprint density at radius 2 is 1.84 bits per heavy atom. The van der Waals surface area contributed by atoms with Crippen LogP contribution in [-0.4, -0.2) is 5.78 Å². The van der Waals surface area contributed by atoms with Gasteiger partial charge in [0.05, 0.1) is 5.02 Å². The molecule has 0 bridgehead atoms. The van der Waals surface area contributed by atoms with Crippen LogP contribution in [0.3, 0.4) is 0 Å². The maximum atomic E-state index is 12.2. The first-order chi connectivity index (χ1) is 8.97. The Hall–Kier alpha value is -0.830. The van der Waals surface area contributed by atoms with Gasteiger partial charge in [0.15, 0.2) is 5.78 Å². The maximum absolute atomic E-state index is 12.2. The van der Waals surface area contributed by atoms with Crippen LogP contribution in [0, 0.1) is 6.92 Å². The highest BCUT2D eigenvalue weighted by atomic mass is 79.9. The summed E-state index contributed by atoms with van der Waals surface area (Å²) in [4.78, 5) is 12.2. The predicted octanol–water partition coefficient (Wildman–Crippen LogP) is 5.49. The lowest BCUT2D eigenvalue weighted by molar-refractivity contribution is 0.0993. The van der Waals surface area contributed by atoms with E-state index in [4.69, 9.17) is 23.2 Å². The fraction of sp³-hybridized carbons (Fsp3) is 0.133. The van der Waals surface area contributed by atoms with E-state index in [1.54, 1.807) is 18.2 Å². The maximum Gasteiger partial charge on any atom is 0.167 e. The second-order valence-electron chi connectivity index (χ2n) is 4.32. The normalized spacial score (nSPS) is 10.5. The molecule has 1 nitrogen and oxygen atoms in total. The van der Waals surface area contributed by atoms with Gasteiger partial charge in [-0.2, -0.15) is 0 Å². The molecular formula is C15H11BrCl2O. The molecule has 0 amide bonds. The van der Waals surface area contributed by atoms with Crippen molar-refractivity contribution in [3.63, 3.8) is 0 Å². The van der Waals surface area contributed by atoms with E-state index in [0.717, 1.165) is 15.6 Å². The zero-order valence-corrected chi connectivity index (χ0v) is 13.3. The molecule has 0 N–H and O–H groups in total. The van der Waals surface area contributed by atoms with E-state index >= 15 is 0 Å². The Labute approximate surface area is 130 Å². The molecule has 4 heteroatoms. The van der Waals surface area contributed by atoms with Crippen LogP contribution in [-0.2, 0) is 6.42 Å². The van der Waals surface area contributed by atoms with Crippen molar-refractivity contribution >= 4 is 44.9 Å². The van der Waals surface area contributed by atoms with Gasteiger partial charge in [-0.3, -0.25) is 4.79 Å². The number of rotatable bonds is 3. The standard InChI is InChI=1S/C15H11BrCl2O/c1-9-2-3-10(14(18)6-9)8-15(19)11-4-5-13(17)12(16)7-11/h2-7H,8H2,1H3. The van der Waals surface area contributed by atoms with E-state index in [0.29, 0.717) is 15.6 Å². The van der Waals surface area contributed by atoms with Gasteiger partial charge in [-0.05, 0) is 58.2 Å². The van der Waals surface area contributed by atoms with Crippen molar-refractivity contribution in [2.75, 3.05) is 0 Å². The number of carbonyl (C=O) groups is 1. The van der Waals surface area contributed by atoms with Crippen LogP contribution < -0.4 is 0 Å². The molecule has 0 radical (unpaired) electrons. The SMILES string of the molecule is Cc1ccc(CC(=O)c2ccc(Cl)c(Br)c2)c(Cl)c1. The molecule has 0 saturated heterocycles. The van der Waals surface area contributed by atoms with Gasteiger partial charge in [0.1, 0.15) is 0 Å². The number of ketones is 1. The highest BCUT2D eigenvalue weighted by Gasteiger charge is 2.11. The smallest absolute Gasteiger partial charge is 0.167 e. The van der Waals surface area contributed by atoms with Gasteiger partial charge in [0.2, 0.25) is 0 Å². The van der Waals surface area contributed by atoms with Gasteiger partial charge in [0, 0.05) is 21.5 Å². The van der Waals surface area contributed by atoms with Crippen LogP contribution in [0.25, 0.3) is 0 Å². The average Bonchev–Trinajstić information content (AvgIpc) is 2.36. The van der Waals surface area contributed by atoms with Crippen molar-refractivity contribution < 1.29 is 4.79 Å². The topological polar surface area (TPSA) is 17.1 Å². The lowest BCUT2D eigenvalue weighted by atomic mass is 10.0. The van der Waals surface area contributed by atoms with Crippen molar-refractivity contribution in [2.45, 2.75) is 13.3 Å². The van der Waals surface area contributed by atoms with E-state index < -0.39 is 0 Å². The van der Waals surface area contributed by atoms with Crippen molar-refractivity contribution in [3.05, 3.63) is 67.6 Å².